The Bertz CT molecular complexity index is 206. The fourth-order valence-electron chi connectivity index (χ4n) is 0.463. The Labute approximate surface area is 82.1 Å². The van der Waals surface area contributed by atoms with Crippen molar-refractivity contribution in [2.75, 3.05) is 13.3 Å². The number of aliphatic carboxylic acids is 1. The zero-order valence-corrected chi connectivity index (χ0v) is 9.45. The van der Waals surface area contributed by atoms with E-state index in [1.807, 2.05) is 0 Å². The molecule has 9 heteroatoms. The largest absolute Gasteiger partial charge is 0.779 e. The van der Waals surface area contributed by atoms with Gasteiger partial charge in [-0.15, -0.1) is 0 Å². The molecule has 0 aliphatic carbocycles. The van der Waals surface area contributed by atoms with Gasteiger partial charge >= 0.3 is 0 Å². The van der Waals surface area contributed by atoms with Crippen molar-refractivity contribution in [3.63, 3.8) is 0 Å². The SMILES string of the molecule is CP(=O)([O-])OCCC(N)C(=O)[O-].[NH4+].[NH4+]. The monoisotopic (exact) mass is 231 g/mol. The summed E-state index contributed by atoms with van der Waals surface area (Å²) in [7, 11) is -3.77. The zero-order valence-electron chi connectivity index (χ0n) is 8.56. The van der Waals surface area contributed by atoms with Gasteiger partial charge in [-0.1, -0.05) is 0 Å². The summed E-state index contributed by atoms with van der Waals surface area (Å²) in [6, 6.07) is -1.18. The minimum Gasteiger partial charge on any atom is -0.779 e. The van der Waals surface area contributed by atoms with Crippen LogP contribution in [0, 0.1) is 0 Å². The highest BCUT2D eigenvalue weighted by molar-refractivity contribution is 7.50. The lowest BCUT2D eigenvalue weighted by Gasteiger charge is -2.19. The van der Waals surface area contributed by atoms with Crippen molar-refractivity contribution in [3.05, 3.63) is 0 Å². The second-order valence-electron chi connectivity index (χ2n) is 2.32. The summed E-state index contributed by atoms with van der Waals surface area (Å²) in [6.07, 6.45) is -0.0809. The molecule has 14 heavy (non-hydrogen) atoms. The van der Waals surface area contributed by atoms with Gasteiger partial charge in [0.25, 0.3) is 0 Å². The average Bonchev–Trinajstić information content (AvgIpc) is 1.84. The Morgan fingerprint density at radius 2 is 2.00 bits per heavy atom. The zero-order chi connectivity index (χ0) is 9.78. The van der Waals surface area contributed by atoms with Crippen LogP contribution in [0.25, 0.3) is 0 Å². The van der Waals surface area contributed by atoms with E-state index in [4.69, 9.17) is 5.73 Å². The number of rotatable bonds is 5. The van der Waals surface area contributed by atoms with E-state index in [0.717, 1.165) is 6.66 Å². The maximum absolute atomic E-state index is 10.4. The van der Waals surface area contributed by atoms with E-state index < -0.39 is 19.6 Å². The van der Waals surface area contributed by atoms with Crippen LogP contribution in [0.5, 0.6) is 0 Å². The third kappa shape index (κ3) is 11.5. The standard InChI is InChI=1S/C5H12NO5P.2H3N/c1-12(9,10)11-3-2-4(6)5(7)8;;/h4H,2-3,6H2,1H3,(H,7,8)(H,9,10);2*1H3. The second-order valence-corrected chi connectivity index (χ2v) is 4.12. The van der Waals surface area contributed by atoms with Gasteiger partial charge in [0.15, 0.2) is 0 Å². The molecule has 0 aliphatic rings. The van der Waals surface area contributed by atoms with E-state index >= 15 is 0 Å². The molecule has 0 radical (unpaired) electrons. The molecule has 0 aromatic heterocycles. The van der Waals surface area contributed by atoms with E-state index in [0.29, 0.717) is 0 Å². The number of carboxylic acid groups (broad SMARTS) is 1. The topological polar surface area (TPSA) is 189 Å². The molecule has 0 aromatic rings. The van der Waals surface area contributed by atoms with Crippen molar-refractivity contribution in [1.82, 2.24) is 12.3 Å². The van der Waals surface area contributed by atoms with Gasteiger partial charge in [-0.05, 0) is 6.42 Å². The first-order chi connectivity index (χ1) is 5.33. The van der Waals surface area contributed by atoms with Crippen LogP contribution in [-0.4, -0.2) is 25.3 Å². The molecule has 0 fully saturated rings. The minimum atomic E-state index is -3.77. The molecule has 88 valence electrons. The molecule has 0 aliphatic heterocycles. The molecular formula is C5H18N3O5P. The van der Waals surface area contributed by atoms with Gasteiger partial charge in [0.05, 0.1) is 12.6 Å². The third-order valence-electron chi connectivity index (χ3n) is 1.06. The fourth-order valence-corrected chi connectivity index (χ4v) is 0.900. The lowest BCUT2D eigenvalue weighted by Crippen LogP contribution is -2.42. The van der Waals surface area contributed by atoms with Gasteiger partial charge in [-0.25, -0.2) is 0 Å². The number of carbonyl (C=O) groups is 1. The Morgan fingerprint density at radius 1 is 1.57 bits per heavy atom. The highest BCUT2D eigenvalue weighted by Crippen LogP contribution is 2.30. The minimum absolute atomic E-state index is 0. The number of hydrogen-bond acceptors (Lipinski definition) is 6. The maximum atomic E-state index is 10.4. The summed E-state index contributed by atoms with van der Waals surface area (Å²) in [4.78, 5) is 20.4. The second kappa shape index (κ2) is 7.86. The van der Waals surface area contributed by atoms with Crippen LogP contribution in [-0.2, 0) is 13.9 Å². The summed E-state index contributed by atoms with van der Waals surface area (Å²) in [5, 5.41) is 10.0. The van der Waals surface area contributed by atoms with Crippen molar-refractivity contribution >= 4 is 13.6 Å². The maximum Gasteiger partial charge on any atom is 0.131 e. The lowest BCUT2D eigenvalue weighted by molar-refractivity contribution is -0.307. The van der Waals surface area contributed by atoms with Gasteiger partial charge in [-0.3, -0.25) is 0 Å². The molecule has 0 aromatic carbocycles. The predicted octanol–water partition coefficient (Wildman–Crippen LogP) is -1.59. The first-order valence-corrected chi connectivity index (χ1v) is 5.21. The number of carboxylic acids is 1. The molecular weight excluding hydrogens is 213 g/mol. The molecule has 0 bridgehead atoms. The van der Waals surface area contributed by atoms with Gasteiger partial charge in [0.2, 0.25) is 0 Å². The summed E-state index contributed by atoms with van der Waals surface area (Å²) in [5.41, 5.74) is 5.01. The van der Waals surface area contributed by atoms with E-state index in [-0.39, 0.29) is 25.3 Å². The predicted molar refractivity (Wildman–Crippen MR) is 49.1 cm³/mol. The summed E-state index contributed by atoms with van der Waals surface area (Å²) in [6.45, 7) is 0.671. The quantitative estimate of drug-likeness (QED) is 0.477. The fraction of sp³-hybridized carbons (Fsp3) is 0.800. The van der Waals surface area contributed by atoms with E-state index in [1.165, 1.54) is 0 Å². The molecule has 0 heterocycles. The highest BCUT2D eigenvalue weighted by Gasteiger charge is 2.04. The molecule has 0 saturated heterocycles. The average molecular weight is 231 g/mol. The van der Waals surface area contributed by atoms with Crippen molar-refractivity contribution < 1.29 is 23.9 Å². The number of hydrogen-bond donors (Lipinski definition) is 3. The van der Waals surface area contributed by atoms with Crippen molar-refractivity contribution in [1.29, 1.82) is 0 Å². The van der Waals surface area contributed by atoms with Crippen LogP contribution in [0.4, 0.5) is 0 Å². The normalized spacial score (nSPS) is 15.6. The van der Waals surface area contributed by atoms with Crippen LogP contribution in [0.2, 0.25) is 0 Å². The van der Waals surface area contributed by atoms with Gasteiger partial charge in [0, 0.05) is 12.7 Å². The molecule has 2 atom stereocenters. The lowest BCUT2D eigenvalue weighted by atomic mass is 10.2. The Morgan fingerprint density at radius 3 is 2.29 bits per heavy atom. The Kier molecular flexibility index (Phi) is 10.7. The van der Waals surface area contributed by atoms with E-state index in [9.17, 15) is 19.4 Å². The van der Waals surface area contributed by atoms with Crippen molar-refractivity contribution in [2.45, 2.75) is 12.5 Å². The molecule has 0 saturated carbocycles. The number of quaternary nitrogens is 2. The van der Waals surface area contributed by atoms with Crippen LogP contribution < -0.4 is 28.0 Å². The van der Waals surface area contributed by atoms with Crippen LogP contribution >= 0.6 is 7.60 Å². The summed E-state index contributed by atoms with van der Waals surface area (Å²) < 4.78 is 14.7. The Hall–Kier alpha value is -0.500. The van der Waals surface area contributed by atoms with Gasteiger partial charge in [0.1, 0.15) is 7.60 Å². The van der Waals surface area contributed by atoms with Crippen molar-refractivity contribution in [3.8, 4) is 0 Å². The van der Waals surface area contributed by atoms with E-state index in [1.54, 1.807) is 0 Å². The molecule has 0 amide bonds. The molecule has 0 spiro atoms. The number of carbonyl (C=O) groups excluding carboxylic acids is 1. The smallest absolute Gasteiger partial charge is 0.131 e. The van der Waals surface area contributed by atoms with Crippen LogP contribution in [0.3, 0.4) is 0 Å². The molecule has 0 rings (SSSR count). The molecule has 10 N–H and O–H groups in total. The third-order valence-corrected chi connectivity index (χ3v) is 1.71. The summed E-state index contributed by atoms with van der Waals surface area (Å²) >= 11 is 0. The van der Waals surface area contributed by atoms with Gasteiger partial charge in [-0.2, -0.15) is 0 Å². The first kappa shape index (κ1) is 19.1. The highest BCUT2D eigenvalue weighted by atomic mass is 31.2. The van der Waals surface area contributed by atoms with Crippen LogP contribution in [0.1, 0.15) is 6.42 Å². The van der Waals surface area contributed by atoms with Crippen LogP contribution in [0.15, 0.2) is 0 Å². The molecule has 2 unspecified atom stereocenters. The first-order valence-electron chi connectivity index (χ1n) is 3.22. The number of nitrogens with two attached hydrogens (primary N) is 1. The summed E-state index contributed by atoms with van der Waals surface area (Å²) in [5.74, 6) is -1.42. The molecule has 8 nitrogen and oxygen atoms in total. The van der Waals surface area contributed by atoms with E-state index in [2.05, 4.69) is 4.52 Å². The van der Waals surface area contributed by atoms with Gasteiger partial charge < -0.3 is 41.9 Å². The Balaban J connectivity index is -0.000000605. The van der Waals surface area contributed by atoms with Crippen molar-refractivity contribution in [2.24, 2.45) is 5.73 Å².